The molecule has 15 heteroatoms. The molecule has 196 valence electrons. The number of rotatable bonds is 7. The van der Waals surface area contributed by atoms with Gasteiger partial charge in [-0.05, 0) is 18.2 Å². The minimum atomic E-state index is -4.94. The Morgan fingerprint density at radius 1 is 1.13 bits per heavy atom. The number of pyridine rings is 1. The molecular formula is C23H14F5N5O4S. The Morgan fingerprint density at radius 2 is 1.84 bits per heavy atom. The first kappa shape index (κ1) is 26.5. The number of nitrogens with zero attached hydrogens (tertiary/aromatic N) is 3. The summed E-state index contributed by atoms with van der Waals surface area (Å²) in [7, 11) is -3.59. The summed E-state index contributed by atoms with van der Waals surface area (Å²) in [6.45, 7) is -3.75. The first-order valence-corrected chi connectivity index (χ1v) is 11.9. The number of fused-ring (bicyclic) bond motifs is 1. The van der Waals surface area contributed by atoms with E-state index < -0.39 is 67.6 Å². The first-order chi connectivity index (χ1) is 18.0. The van der Waals surface area contributed by atoms with E-state index in [2.05, 4.69) is 20.0 Å². The van der Waals surface area contributed by atoms with E-state index in [1.54, 1.807) is 10.8 Å². The molecule has 0 saturated carbocycles. The van der Waals surface area contributed by atoms with Gasteiger partial charge in [-0.25, -0.2) is 26.6 Å². The van der Waals surface area contributed by atoms with Gasteiger partial charge in [-0.3, -0.25) is 14.5 Å². The average molecular weight is 551 g/mol. The van der Waals surface area contributed by atoms with Gasteiger partial charge in [0.25, 0.3) is 15.9 Å². The highest BCUT2D eigenvalue weighted by molar-refractivity contribution is 7.92. The Hall–Kier alpha value is -4.58. The molecule has 38 heavy (non-hydrogen) atoms. The fourth-order valence-corrected chi connectivity index (χ4v) is 4.85. The summed E-state index contributed by atoms with van der Waals surface area (Å²) in [6.07, 6.45) is 0.781. The summed E-state index contributed by atoms with van der Waals surface area (Å²) in [6, 6.07) is 5.85. The molecule has 2 N–H and O–H groups in total. The number of nitrogens with one attached hydrogen (secondary N) is 2. The van der Waals surface area contributed by atoms with Crippen molar-refractivity contribution in [1.82, 2.24) is 10.3 Å². The lowest BCUT2D eigenvalue weighted by Crippen LogP contribution is -2.27. The summed E-state index contributed by atoms with van der Waals surface area (Å²) in [5, 5.41) is 11.4. The van der Waals surface area contributed by atoms with Crippen LogP contribution in [0.25, 0.3) is 11.1 Å². The topological polar surface area (TPSA) is 134 Å². The molecule has 1 aliphatic rings. The van der Waals surface area contributed by atoms with Gasteiger partial charge in [0.05, 0.1) is 23.4 Å². The van der Waals surface area contributed by atoms with Gasteiger partial charge in [0, 0.05) is 29.9 Å². The van der Waals surface area contributed by atoms with E-state index in [0.717, 1.165) is 12.3 Å². The third-order valence-electron chi connectivity index (χ3n) is 5.38. The molecule has 3 aromatic rings. The van der Waals surface area contributed by atoms with Crippen LogP contribution in [0.15, 0.2) is 46.4 Å². The van der Waals surface area contributed by atoms with Crippen molar-refractivity contribution in [2.24, 2.45) is 4.99 Å². The van der Waals surface area contributed by atoms with Crippen molar-refractivity contribution in [3.8, 4) is 23.1 Å². The number of carbonyl (C=O) groups is 1. The number of halogens is 5. The number of sulfonamides is 1. The Balaban J connectivity index is 1.78. The van der Waals surface area contributed by atoms with Crippen molar-refractivity contribution in [1.29, 1.82) is 5.26 Å². The lowest BCUT2D eigenvalue weighted by Gasteiger charge is -2.15. The predicted octanol–water partition coefficient (Wildman–Crippen LogP) is 3.49. The molecule has 1 aromatic heterocycles. The van der Waals surface area contributed by atoms with E-state index in [1.165, 1.54) is 13.1 Å². The van der Waals surface area contributed by atoms with E-state index >= 15 is 8.78 Å². The quantitative estimate of drug-likeness (QED) is 0.432. The summed E-state index contributed by atoms with van der Waals surface area (Å²) in [5.41, 5.74) is -2.76. The van der Waals surface area contributed by atoms with Crippen molar-refractivity contribution >= 4 is 27.3 Å². The maximum Gasteiger partial charge on any atom is 0.388 e. The fourth-order valence-electron chi connectivity index (χ4n) is 3.68. The normalized spacial score (nSPS) is 12.5. The van der Waals surface area contributed by atoms with Gasteiger partial charge in [-0.15, -0.1) is 0 Å². The highest BCUT2D eigenvalue weighted by Crippen LogP contribution is 2.37. The van der Waals surface area contributed by atoms with Crippen molar-refractivity contribution in [3.05, 3.63) is 70.7 Å². The Bertz CT molecular complexity index is 1650. The van der Waals surface area contributed by atoms with E-state index in [1.807, 2.05) is 0 Å². The van der Waals surface area contributed by atoms with Gasteiger partial charge in [0.1, 0.15) is 23.4 Å². The number of amides is 1. The van der Waals surface area contributed by atoms with Gasteiger partial charge in [0.2, 0.25) is 5.88 Å². The standard InChI is InChI=1S/C23H14F5N5O4S/c1-30-21(34)20-11-2-3-12(18(25)13(11)9-31-20)17-14(24)4-5-15(19(17)26)33-38(35,36)16-6-10(7-29)8-32-22(16)37-23(27)28/h2-6,8,23,33H,9H2,1H3,(H,30,34). The van der Waals surface area contributed by atoms with Gasteiger partial charge in [-0.2, -0.15) is 14.0 Å². The lowest BCUT2D eigenvalue weighted by molar-refractivity contribution is -0.114. The molecule has 0 atom stereocenters. The molecule has 1 amide bonds. The molecule has 2 heterocycles. The molecule has 4 rings (SSSR count). The minimum Gasteiger partial charge on any atom is -0.415 e. The summed E-state index contributed by atoms with van der Waals surface area (Å²) >= 11 is 0. The van der Waals surface area contributed by atoms with Crippen LogP contribution in [0.3, 0.4) is 0 Å². The number of likely N-dealkylation sites (N-methyl/N-ethyl adjacent to an activating group) is 1. The smallest absolute Gasteiger partial charge is 0.388 e. The van der Waals surface area contributed by atoms with E-state index in [9.17, 15) is 26.4 Å². The Kier molecular flexibility index (Phi) is 7.01. The van der Waals surface area contributed by atoms with Gasteiger partial charge < -0.3 is 10.1 Å². The van der Waals surface area contributed by atoms with Crippen LogP contribution in [0.4, 0.5) is 27.6 Å². The van der Waals surface area contributed by atoms with Crippen LogP contribution in [0.1, 0.15) is 16.7 Å². The second-order valence-electron chi connectivity index (χ2n) is 7.60. The number of aliphatic imine (C=N–C) groups is 1. The third kappa shape index (κ3) is 4.73. The zero-order valence-electron chi connectivity index (χ0n) is 19.0. The molecule has 9 nitrogen and oxygen atoms in total. The molecular weight excluding hydrogens is 537 g/mol. The number of hydrogen-bond acceptors (Lipinski definition) is 7. The van der Waals surface area contributed by atoms with Crippen LogP contribution < -0.4 is 14.8 Å². The summed E-state index contributed by atoms with van der Waals surface area (Å²) < 4.78 is 103. The van der Waals surface area contributed by atoms with Crippen molar-refractivity contribution in [3.63, 3.8) is 0 Å². The zero-order valence-corrected chi connectivity index (χ0v) is 19.8. The van der Waals surface area contributed by atoms with Crippen LogP contribution >= 0.6 is 0 Å². The molecule has 0 spiro atoms. The van der Waals surface area contributed by atoms with Crippen LogP contribution in [0.5, 0.6) is 5.88 Å². The number of alkyl halides is 2. The maximum absolute atomic E-state index is 15.5. The molecule has 2 aromatic carbocycles. The molecule has 1 aliphatic heterocycles. The number of aromatic nitrogens is 1. The summed E-state index contributed by atoms with van der Waals surface area (Å²) in [5.74, 6) is -5.52. The molecule has 0 fully saturated rings. The molecule has 0 saturated heterocycles. The van der Waals surface area contributed by atoms with Crippen molar-refractivity contribution < 1.29 is 39.9 Å². The van der Waals surface area contributed by atoms with Gasteiger partial charge >= 0.3 is 6.61 Å². The van der Waals surface area contributed by atoms with Crippen LogP contribution in [0.2, 0.25) is 0 Å². The van der Waals surface area contributed by atoms with E-state index in [-0.39, 0.29) is 28.9 Å². The highest BCUT2D eigenvalue weighted by atomic mass is 32.2. The molecule has 0 bridgehead atoms. The number of carbonyl (C=O) groups excluding carboxylic acids is 1. The van der Waals surface area contributed by atoms with Crippen molar-refractivity contribution in [2.75, 3.05) is 11.8 Å². The number of ether oxygens (including phenoxy) is 1. The predicted molar refractivity (Wildman–Crippen MR) is 122 cm³/mol. The highest BCUT2D eigenvalue weighted by Gasteiger charge is 2.30. The number of benzene rings is 2. The second-order valence-corrected chi connectivity index (χ2v) is 9.26. The van der Waals surface area contributed by atoms with E-state index in [0.29, 0.717) is 18.2 Å². The molecule has 0 aliphatic carbocycles. The van der Waals surface area contributed by atoms with Crippen LogP contribution in [0, 0.1) is 28.8 Å². The minimum absolute atomic E-state index is 0.0644. The lowest BCUT2D eigenvalue weighted by atomic mass is 9.96. The number of nitriles is 1. The average Bonchev–Trinajstić information content (AvgIpc) is 3.31. The Morgan fingerprint density at radius 3 is 2.50 bits per heavy atom. The summed E-state index contributed by atoms with van der Waals surface area (Å²) in [4.78, 5) is 18.3. The fraction of sp³-hybridized carbons (Fsp3) is 0.130. The van der Waals surface area contributed by atoms with Crippen LogP contribution in [-0.4, -0.2) is 38.7 Å². The largest absolute Gasteiger partial charge is 0.415 e. The van der Waals surface area contributed by atoms with Gasteiger partial charge in [0.15, 0.2) is 10.7 Å². The SMILES string of the molecule is CNC(=O)C1=NCc2c1ccc(-c1c(F)ccc(NS(=O)(=O)c3cc(C#N)cnc3OC(F)F)c1F)c2F. The molecule has 0 radical (unpaired) electrons. The van der Waals surface area contributed by atoms with Crippen LogP contribution in [-0.2, 0) is 21.4 Å². The molecule has 0 unspecified atom stereocenters. The monoisotopic (exact) mass is 551 g/mol. The second kappa shape index (κ2) is 10.1. The first-order valence-electron chi connectivity index (χ1n) is 10.4. The van der Waals surface area contributed by atoms with E-state index in [4.69, 9.17) is 5.26 Å². The number of anilines is 1. The van der Waals surface area contributed by atoms with Crippen molar-refractivity contribution in [2.45, 2.75) is 18.1 Å². The van der Waals surface area contributed by atoms with Gasteiger partial charge in [-0.1, -0.05) is 12.1 Å². The zero-order chi connectivity index (χ0) is 27.8. The third-order valence-corrected chi connectivity index (χ3v) is 6.74. The number of hydrogen-bond donors (Lipinski definition) is 2. The Labute approximate surface area is 211 Å². The maximum atomic E-state index is 15.5.